The fraction of sp³-hybridized carbons (Fsp3) is 1.00. The Hall–Kier alpha value is 0.220. The minimum atomic E-state index is -5.08. The molecule has 0 saturated carbocycles. The zero-order valence-corrected chi connectivity index (χ0v) is 10.7. The van der Waals surface area contributed by atoms with Crippen molar-refractivity contribution in [3.05, 3.63) is 0 Å². The van der Waals surface area contributed by atoms with Crippen molar-refractivity contribution >= 4 is 15.6 Å². The minimum Gasteiger partial charge on any atom is -0.390 e. The summed E-state index contributed by atoms with van der Waals surface area (Å²) in [5.74, 6) is 0. The molecule has 2 atom stereocenters. The second-order valence-electron chi connectivity index (χ2n) is 3.47. The average molecular weight is 278 g/mol. The van der Waals surface area contributed by atoms with E-state index in [1.807, 2.05) is 0 Å². The summed E-state index contributed by atoms with van der Waals surface area (Å²) in [6.45, 7) is 2.86. The number of phosphoric ester groups is 1. The predicted molar refractivity (Wildman–Crippen MR) is 54.4 cm³/mol. The maximum Gasteiger partial charge on any atom is 0.481 e. The van der Waals surface area contributed by atoms with Gasteiger partial charge in [0.25, 0.3) is 0 Å². The van der Waals surface area contributed by atoms with Gasteiger partial charge in [0.15, 0.2) is 0 Å². The molecule has 0 aliphatic heterocycles. The molecule has 0 aromatic rings. The molecule has 0 fully saturated rings. The first-order valence-corrected chi connectivity index (χ1v) is 7.47. The number of phosphoric acid groups is 2. The van der Waals surface area contributed by atoms with E-state index in [0.717, 1.165) is 0 Å². The Morgan fingerprint density at radius 2 is 1.75 bits per heavy atom. The van der Waals surface area contributed by atoms with Gasteiger partial charge < -0.3 is 19.8 Å². The molecule has 0 aromatic heterocycles. The predicted octanol–water partition coefficient (Wildman–Crippen LogP) is 0.764. The lowest BCUT2D eigenvalue weighted by atomic mass is 10.0. The van der Waals surface area contributed by atoms with Gasteiger partial charge in [-0.05, 0) is 19.8 Å². The summed E-state index contributed by atoms with van der Waals surface area (Å²) in [5, 5.41) is 9.51. The summed E-state index contributed by atoms with van der Waals surface area (Å²) in [6.07, 6.45) is 0.448. The summed E-state index contributed by atoms with van der Waals surface area (Å²) in [7, 11) is -9.86. The highest BCUT2D eigenvalue weighted by Crippen LogP contribution is 2.57. The highest BCUT2D eigenvalue weighted by molar-refractivity contribution is 7.60. The van der Waals surface area contributed by atoms with Crippen molar-refractivity contribution in [1.82, 2.24) is 0 Å². The average Bonchev–Trinajstić information content (AvgIpc) is 1.98. The fourth-order valence-corrected chi connectivity index (χ4v) is 2.30. The molecule has 0 radical (unpaired) electrons. The van der Waals surface area contributed by atoms with E-state index in [2.05, 4.69) is 8.83 Å². The zero-order chi connectivity index (χ0) is 13.0. The first-order valence-electron chi connectivity index (χ1n) is 4.44. The highest BCUT2D eigenvalue weighted by Gasteiger charge is 2.32. The third-order valence-corrected chi connectivity index (χ3v) is 4.05. The largest absolute Gasteiger partial charge is 0.481 e. The summed E-state index contributed by atoms with van der Waals surface area (Å²) in [5.41, 5.74) is -1.07. The second-order valence-corrected chi connectivity index (χ2v) is 6.30. The van der Waals surface area contributed by atoms with Gasteiger partial charge in [0.05, 0.1) is 12.2 Å². The van der Waals surface area contributed by atoms with Crippen molar-refractivity contribution in [2.24, 2.45) is 0 Å². The molecule has 10 heteroatoms. The van der Waals surface area contributed by atoms with E-state index >= 15 is 0 Å². The zero-order valence-electron chi connectivity index (χ0n) is 8.94. The van der Waals surface area contributed by atoms with Gasteiger partial charge in [-0.15, -0.1) is 0 Å². The molecule has 0 bridgehead atoms. The summed E-state index contributed by atoms with van der Waals surface area (Å²) < 4.78 is 29.0. The molecule has 0 amide bonds. The van der Waals surface area contributed by atoms with Crippen LogP contribution in [-0.4, -0.2) is 32.0 Å². The summed E-state index contributed by atoms with van der Waals surface area (Å²) in [4.78, 5) is 25.4. The third-order valence-electron chi connectivity index (χ3n) is 1.87. The van der Waals surface area contributed by atoms with E-state index in [1.165, 1.54) is 6.92 Å². The van der Waals surface area contributed by atoms with Crippen molar-refractivity contribution in [2.45, 2.75) is 32.3 Å². The van der Waals surface area contributed by atoms with Crippen molar-refractivity contribution in [1.29, 1.82) is 0 Å². The highest BCUT2D eigenvalue weighted by atomic mass is 31.3. The van der Waals surface area contributed by atoms with Crippen LogP contribution in [0.1, 0.15) is 26.7 Å². The quantitative estimate of drug-likeness (QED) is 0.501. The molecule has 16 heavy (non-hydrogen) atoms. The lowest BCUT2D eigenvalue weighted by Crippen LogP contribution is -2.24. The first kappa shape index (κ1) is 16.2. The molecule has 0 aliphatic rings. The van der Waals surface area contributed by atoms with E-state index in [4.69, 9.17) is 14.7 Å². The van der Waals surface area contributed by atoms with Crippen LogP contribution in [0.4, 0.5) is 0 Å². The number of hydrogen-bond donors (Lipinski definition) is 4. The second kappa shape index (κ2) is 5.71. The lowest BCUT2D eigenvalue weighted by Gasteiger charge is -2.21. The van der Waals surface area contributed by atoms with Crippen LogP contribution in [0.15, 0.2) is 0 Å². The van der Waals surface area contributed by atoms with Crippen LogP contribution in [0.3, 0.4) is 0 Å². The van der Waals surface area contributed by atoms with Crippen LogP contribution in [0.5, 0.6) is 0 Å². The van der Waals surface area contributed by atoms with Crippen molar-refractivity contribution < 1.29 is 37.8 Å². The van der Waals surface area contributed by atoms with Gasteiger partial charge >= 0.3 is 15.6 Å². The van der Waals surface area contributed by atoms with E-state index in [1.54, 1.807) is 6.92 Å². The van der Waals surface area contributed by atoms with Gasteiger partial charge in [-0.3, -0.25) is 4.52 Å². The van der Waals surface area contributed by atoms with Crippen LogP contribution in [0.25, 0.3) is 0 Å². The Kier molecular flexibility index (Phi) is 5.79. The first-order chi connectivity index (χ1) is 6.97. The van der Waals surface area contributed by atoms with Crippen molar-refractivity contribution in [3.8, 4) is 0 Å². The minimum absolute atomic E-state index is 0.0402. The Balaban J connectivity index is 4.11. The van der Waals surface area contributed by atoms with Crippen LogP contribution < -0.4 is 0 Å². The van der Waals surface area contributed by atoms with Gasteiger partial charge in [0, 0.05) is 0 Å². The van der Waals surface area contributed by atoms with Gasteiger partial charge in [-0.25, -0.2) is 9.13 Å². The van der Waals surface area contributed by atoms with Gasteiger partial charge in [0.1, 0.15) is 0 Å². The summed E-state index contributed by atoms with van der Waals surface area (Å²) in [6, 6.07) is 0. The molecule has 0 spiro atoms. The maximum absolute atomic E-state index is 10.9. The van der Waals surface area contributed by atoms with E-state index in [0.29, 0.717) is 6.42 Å². The van der Waals surface area contributed by atoms with Crippen LogP contribution in [-0.2, 0) is 18.0 Å². The molecule has 0 saturated heterocycles. The number of hydrogen-bond acceptors (Lipinski definition) is 5. The smallest absolute Gasteiger partial charge is 0.390 e. The molecule has 0 rings (SSSR count). The summed E-state index contributed by atoms with van der Waals surface area (Å²) >= 11 is 0. The SMILES string of the molecule is CCC(C)(O)CCOP(=O)(O)OP(=O)(O)O. The van der Waals surface area contributed by atoms with Crippen LogP contribution >= 0.6 is 15.6 Å². The topological polar surface area (TPSA) is 134 Å². The molecular formula is C6H16O8P2. The maximum atomic E-state index is 10.9. The van der Waals surface area contributed by atoms with E-state index in [-0.39, 0.29) is 13.0 Å². The molecule has 2 unspecified atom stereocenters. The Bertz CT molecular complexity index is 308. The van der Waals surface area contributed by atoms with Crippen LogP contribution in [0.2, 0.25) is 0 Å². The molecule has 0 aromatic carbocycles. The van der Waals surface area contributed by atoms with Gasteiger partial charge in [-0.2, -0.15) is 4.31 Å². The normalized spacial score (nSPS) is 20.1. The third kappa shape index (κ3) is 8.38. The van der Waals surface area contributed by atoms with Crippen LogP contribution in [0, 0.1) is 0 Å². The standard InChI is InChI=1S/C6H16O8P2/c1-3-6(2,7)4-5-13-16(11,12)14-15(8,9)10/h7H,3-5H2,1-2H3,(H,11,12)(H2,8,9,10). The Morgan fingerprint density at radius 1 is 1.25 bits per heavy atom. The molecule has 98 valence electrons. The molecule has 0 heterocycles. The van der Waals surface area contributed by atoms with Crippen molar-refractivity contribution in [2.75, 3.05) is 6.61 Å². The monoisotopic (exact) mass is 278 g/mol. The Labute approximate surface area is 93.1 Å². The van der Waals surface area contributed by atoms with Gasteiger partial charge in [-0.1, -0.05) is 6.92 Å². The Morgan fingerprint density at radius 3 is 2.12 bits per heavy atom. The number of aliphatic hydroxyl groups is 1. The van der Waals surface area contributed by atoms with E-state index < -0.39 is 21.2 Å². The van der Waals surface area contributed by atoms with Crippen molar-refractivity contribution in [3.63, 3.8) is 0 Å². The van der Waals surface area contributed by atoms with E-state index in [9.17, 15) is 14.2 Å². The lowest BCUT2D eigenvalue weighted by molar-refractivity contribution is 0.0294. The fourth-order valence-electron chi connectivity index (χ4n) is 0.716. The molecule has 4 N–H and O–H groups in total. The molecular weight excluding hydrogens is 262 g/mol. The number of rotatable bonds is 7. The molecule has 0 aliphatic carbocycles. The van der Waals surface area contributed by atoms with Gasteiger partial charge in [0.2, 0.25) is 0 Å². The molecule has 8 nitrogen and oxygen atoms in total.